The summed E-state index contributed by atoms with van der Waals surface area (Å²) >= 11 is 0. The Bertz CT molecular complexity index is 549. The second-order valence-corrected chi connectivity index (χ2v) is 5.82. The minimum absolute atomic E-state index is 0.132. The summed E-state index contributed by atoms with van der Waals surface area (Å²) in [5.74, 6) is 0.378. The van der Waals surface area contributed by atoms with Gasteiger partial charge in [-0.15, -0.1) is 0 Å². The number of furan rings is 1. The maximum Gasteiger partial charge on any atom is 0.169 e. The van der Waals surface area contributed by atoms with Crippen LogP contribution in [-0.4, -0.2) is 0 Å². The van der Waals surface area contributed by atoms with Gasteiger partial charge in [0.1, 0.15) is 5.76 Å². The molecule has 1 atom stereocenters. The van der Waals surface area contributed by atoms with Crippen molar-refractivity contribution in [1.82, 2.24) is 0 Å². The van der Waals surface area contributed by atoms with Gasteiger partial charge in [0.05, 0.1) is 6.04 Å². The van der Waals surface area contributed by atoms with Gasteiger partial charge in [0.25, 0.3) is 0 Å². The molecule has 21 heavy (non-hydrogen) atoms. The van der Waals surface area contributed by atoms with Crippen LogP contribution < -0.4 is 5.73 Å². The van der Waals surface area contributed by atoms with Gasteiger partial charge in [-0.2, -0.15) is 0 Å². The molecule has 1 heterocycles. The van der Waals surface area contributed by atoms with Gasteiger partial charge in [-0.05, 0) is 18.6 Å². The number of benzene rings is 1. The lowest BCUT2D eigenvalue weighted by atomic mass is 10.0. The molecule has 0 bridgehead atoms. The molecular formula is C18H26FNO. The Balaban J connectivity index is 1.77. The predicted octanol–water partition coefficient (Wildman–Crippen LogP) is 5.71. The zero-order chi connectivity index (χ0) is 15.1. The molecule has 0 amide bonds. The normalized spacial score (nSPS) is 12.9. The van der Waals surface area contributed by atoms with E-state index in [2.05, 4.69) is 6.92 Å². The van der Waals surface area contributed by atoms with E-state index in [0.717, 1.165) is 18.2 Å². The van der Waals surface area contributed by atoms with Gasteiger partial charge in [-0.3, -0.25) is 0 Å². The van der Waals surface area contributed by atoms with Gasteiger partial charge in [0.2, 0.25) is 0 Å². The number of fused-ring (bicyclic) bond motifs is 1. The van der Waals surface area contributed by atoms with E-state index in [1.54, 1.807) is 6.07 Å². The molecular weight excluding hydrogens is 265 g/mol. The molecule has 0 saturated carbocycles. The van der Waals surface area contributed by atoms with Gasteiger partial charge in [0, 0.05) is 5.39 Å². The van der Waals surface area contributed by atoms with Crippen LogP contribution in [0.3, 0.4) is 0 Å². The minimum Gasteiger partial charge on any atom is -0.456 e. The van der Waals surface area contributed by atoms with Crippen molar-refractivity contribution in [2.75, 3.05) is 0 Å². The van der Waals surface area contributed by atoms with E-state index < -0.39 is 0 Å². The number of rotatable bonds is 9. The van der Waals surface area contributed by atoms with Crippen LogP contribution in [0.5, 0.6) is 0 Å². The van der Waals surface area contributed by atoms with Gasteiger partial charge in [-0.1, -0.05) is 64.0 Å². The summed E-state index contributed by atoms with van der Waals surface area (Å²) in [5.41, 5.74) is 6.48. The predicted molar refractivity (Wildman–Crippen MR) is 85.7 cm³/mol. The van der Waals surface area contributed by atoms with Gasteiger partial charge in [0.15, 0.2) is 11.4 Å². The van der Waals surface area contributed by atoms with E-state index in [4.69, 9.17) is 10.2 Å². The van der Waals surface area contributed by atoms with Crippen molar-refractivity contribution in [3.05, 3.63) is 35.8 Å². The van der Waals surface area contributed by atoms with Crippen molar-refractivity contribution >= 4 is 11.0 Å². The summed E-state index contributed by atoms with van der Waals surface area (Å²) in [6, 6.07) is 6.69. The highest BCUT2D eigenvalue weighted by atomic mass is 19.1. The fourth-order valence-corrected chi connectivity index (χ4v) is 2.69. The van der Waals surface area contributed by atoms with Crippen molar-refractivity contribution in [3.63, 3.8) is 0 Å². The van der Waals surface area contributed by atoms with E-state index >= 15 is 0 Å². The van der Waals surface area contributed by atoms with Gasteiger partial charge in [-0.25, -0.2) is 4.39 Å². The third-order valence-corrected chi connectivity index (χ3v) is 4.00. The van der Waals surface area contributed by atoms with Crippen molar-refractivity contribution < 1.29 is 8.81 Å². The third-order valence-electron chi connectivity index (χ3n) is 4.00. The highest BCUT2D eigenvalue weighted by Crippen LogP contribution is 2.27. The average molecular weight is 291 g/mol. The first-order chi connectivity index (χ1) is 10.2. The van der Waals surface area contributed by atoms with Crippen LogP contribution in [0.2, 0.25) is 0 Å². The Hall–Kier alpha value is -1.35. The van der Waals surface area contributed by atoms with Crippen LogP contribution in [0.1, 0.15) is 70.1 Å². The highest BCUT2D eigenvalue weighted by molar-refractivity contribution is 5.78. The standard InChI is InChI=1S/C18H26FNO/c1-2-3-4-5-6-7-8-12-16(20)17-13-14-10-9-11-15(19)18(14)21-17/h9-11,13,16H,2-8,12,20H2,1H3. The van der Waals surface area contributed by atoms with Crippen LogP contribution >= 0.6 is 0 Å². The summed E-state index contributed by atoms with van der Waals surface area (Å²) in [4.78, 5) is 0. The van der Waals surface area contributed by atoms with Crippen molar-refractivity contribution in [3.8, 4) is 0 Å². The monoisotopic (exact) mass is 291 g/mol. The molecule has 0 aliphatic carbocycles. The average Bonchev–Trinajstić information content (AvgIpc) is 2.92. The van der Waals surface area contributed by atoms with E-state index in [1.165, 1.54) is 44.6 Å². The quantitative estimate of drug-likeness (QED) is 0.601. The topological polar surface area (TPSA) is 39.2 Å². The first-order valence-electron chi connectivity index (χ1n) is 8.16. The maximum atomic E-state index is 13.6. The Morgan fingerprint density at radius 1 is 1.10 bits per heavy atom. The minimum atomic E-state index is -0.318. The molecule has 2 rings (SSSR count). The summed E-state index contributed by atoms with van der Waals surface area (Å²) < 4.78 is 19.2. The smallest absolute Gasteiger partial charge is 0.169 e. The van der Waals surface area contributed by atoms with Crippen LogP contribution in [0, 0.1) is 5.82 Å². The molecule has 1 aromatic heterocycles. The number of halogens is 1. The highest BCUT2D eigenvalue weighted by Gasteiger charge is 2.13. The molecule has 1 unspecified atom stereocenters. The molecule has 2 aromatic rings. The van der Waals surface area contributed by atoms with Gasteiger partial charge >= 0.3 is 0 Å². The molecule has 2 N–H and O–H groups in total. The number of para-hydroxylation sites is 1. The number of hydrogen-bond donors (Lipinski definition) is 1. The summed E-state index contributed by atoms with van der Waals surface area (Å²) in [5, 5.41) is 0.792. The fraction of sp³-hybridized carbons (Fsp3) is 0.556. The molecule has 0 aliphatic rings. The van der Waals surface area contributed by atoms with Crippen LogP contribution in [0.25, 0.3) is 11.0 Å². The van der Waals surface area contributed by atoms with Crippen molar-refractivity contribution in [2.24, 2.45) is 5.73 Å². The number of hydrogen-bond acceptors (Lipinski definition) is 2. The van der Waals surface area contributed by atoms with Crippen molar-refractivity contribution in [2.45, 2.75) is 64.3 Å². The maximum absolute atomic E-state index is 13.6. The molecule has 2 nitrogen and oxygen atoms in total. The SMILES string of the molecule is CCCCCCCCCC(N)c1cc2cccc(F)c2o1. The Morgan fingerprint density at radius 2 is 1.81 bits per heavy atom. The summed E-state index contributed by atoms with van der Waals surface area (Å²) in [6.45, 7) is 2.23. The molecule has 0 saturated heterocycles. The van der Waals surface area contributed by atoms with Crippen LogP contribution in [0.4, 0.5) is 4.39 Å². The first-order valence-corrected chi connectivity index (χ1v) is 8.16. The summed E-state index contributed by atoms with van der Waals surface area (Å²) in [7, 11) is 0. The Kier molecular flexibility index (Phi) is 6.24. The van der Waals surface area contributed by atoms with E-state index in [9.17, 15) is 4.39 Å². The molecule has 0 radical (unpaired) electrons. The Morgan fingerprint density at radius 3 is 2.52 bits per heavy atom. The van der Waals surface area contributed by atoms with E-state index in [1.807, 2.05) is 12.1 Å². The molecule has 0 aliphatic heterocycles. The van der Waals surface area contributed by atoms with Crippen molar-refractivity contribution in [1.29, 1.82) is 0 Å². The van der Waals surface area contributed by atoms with E-state index in [-0.39, 0.29) is 11.9 Å². The molecule has 116 valence electrons. The Labute approximate surface area is 126 Å². The van der Waals surface area contributed by atoms with Gasteiger partial charge < -0.3 is 10.2 Å². The van der Waals surface area contributed by atoms with Crippen LogP contribution in [-0.2, 0) is 0 Å². The second-order valence-electron chi connectivity index (χ2n) is 5.82. The van der Waals surface area contributed by atoms with E-state index in [0.29, 0.717) is 11.3 Å². The number of unbranched alkanes of at least 4 members (excludes halogenated alkanes) is 6. The zero-order valence-corrected chi connectivity index (χ0v) is 12.9. The van der Waals surface area contributed by atoms with Crippen LogP contribution in [0.15, 0.2) is 28.7 Å². The lowest BCUT2D eigenvalue weighted by Crippen LogP contribution is -2.08. The summed E-state index contributed by atoms with van der Waals surface area (Å²) in [6.07, 6.45) is 9.78. The zero-order valence-electron chi connectivity index (χ0n) is 12.9. The number of nitrogens with two attached hydrogens (primary N) is 1. The third kappa shape index (κ3) is 4.57. The molecule has 0 fully saturated rings. The lowest BCUT2D eigenvalue weighted by molar-refractivity contribution is 0.449. The molecule has 1 aromatic carbocycles. The fourth-order valence-electron chi connectivity index (χ4n) is 2.69. The molecule has 0 spiro atoms. The largest absolute Gasteiger partial charge is 0.456 e. The first kappa shape index (κ1) is 16.0. The molecule has 3 heteroatoms. The second kappa shape index (κ2) is 8.18. The lowest BCUT2D eigenvalue weighted by Gasteiger charge is -2.08.